The molecule has 2 aliphatic rings. The average molecular weight is 320 g/mol. The lowest BCUT2D eigenvalue weighted by Gasteiger charge is -2.27. The van der Waals surface area contributed by atoms with Crippen LogP contribution < -0.4 is 5.32 Å². The van der Waals surface area contributed by atoms with E-state index in [9.17, 15) is 4.79 Å². The molecule has 0 aromatic heterocycles. The van der Waals surface area contributed by atoms with Gasteiger partial charge in [-0.2, -0.15) is 0 Å². The number of rotatable bonds is 3. The molecule has 3 atom stereocenters. The highest BCUT2D eigenvalue weighted by atomic mass is 16.1. The van der Waals surface area contributed by atoms with Crippen molar-refractivity contribution in [3.63, 3.8) is 0 Å². The first-order chi connectivity index (χ1) is 11.8. The molecule has 0 radical (unpaired) electrons. The predicted molar refractivity (Wildman–Crippen MR) is 95.6 cm³/mol. The molecule has 1 amide bonds. The Kier molecular flexibility index (Phi) is 4.35. The van der Waals surface area contributed by atoms with Gasteiger partial charge in [0.15, 0.2) is 0 Å². The summed E-state index contributed by atoms with van der Waals surface area (Å²) in [5.41, 5.74) is 2.69. The third-order valence-electron chi connectivity index (χ3n) is 5.44. The molecular weight excluding hydrogens is 296 g/mol. The van der Waals surface area contributed by atoms with E-state index in [2.05, 4.69) is 70.9 Å². The van der Waals surface area contributed by atoms with E-state index in [1.54, 1.807) is 0 Å². The van der Waals surface area contributed by atoms with Crippen LogP contribution in [0, 0.1) is 0 Å². The normalized spacial score (nSPS) is 27.3. The molecule has 24 heavy (non-hydrogen) atoms. The van der Waals surface area contributed by atoms with Gasteiger partial charge in [0, 0.05) is 31.5 Å². The van der Waals surface area contributed by atoms with Crippen LogP contribution in [-0.2, 0) is 11.3 Å². The predicted octanol–water partition coefficient (Wildman–Crippen LogP) is 3.32. The van der Waals surface area contributed by atoms with E-state index in [-0.39, 0.29) is 11.9 Å². The maximum Gasteiger partial charge on any atom is 0.220 e. The van der Waals surface area contributed by atoms with Crippen LogP contribution in [0.25, 0.3) is 0 Å². The van der Waals surface area contributed by atoms with Crippen molar-refractivity contribution in [2.45, 2.75) is 43.8 Å². The van der Waals surface area contributed by atoms with E-state index >= 15 is 0 Å². The second kappa shape index (κ2) is 6.78. The van der Waals surface area contributed by atoms with Crippen molar-refractivity contribution in [1.82, 2.24) is 10.2 Å². The summed E-state index contributed by atoms with van der Waals surface area (Å²) in [4.78, 5) is 14.7. The highest BCUT2D eigenvalue weighted by Gasteiger charge is 2.43. The number of likely N-dealkylation sites (tertiary alicyclic amines) is 1. The largest absolute Gasteiger partial charge is 0.351 e. The van der Waals surface area contributed by atoms with Crippen LogP contribution >= 0.6 is 0 Å². The number of benzene rings is 2. The minimum Gasteiger partial charge on any atom is -0.351 e. The molecule has 2 saturated heterocycles. The number of amides is 1. The fraction of sp³-hybridized carbons (Fsp3) is 0.381. The van der Waals surface area contributed by atoms with Crippen LogP contribution in [0.15, 0.2) is 60.7 Å². The van der Waals surface area contributed by atoms with Gasteiger partial charge in [0.05, 0.1) is 6.04 Å². The van der Waals surface area contributed by atoms with Gasteiger partial charge in [-0.3, -0.25) is 9.69 Å². The highest BCUT2D eigenvalue weighted by molar-refractivity contribution is 5.77. The van der Waals surface area contributed by atoms with E-state index in [0.29, 0.717) is 18.4 Å². The van der Waals surface area contributed by atoms with Gasteiger partial charge in [0.25, 0.3) is 0 Å². The standard InChI is InChI=1S/C21H24N2O/c24-20-13-7-12-19-21(22-20)18(17-10-5-2-6-11-17)15-23(19)14-16-8-3-1-4-9-16/h1-6,8-11,18-19,21H,7,12-15H2,(H,22,24)/t18-,19+,21-/m1/s1. The first-order valence-electron chi connectivity index (χ1n) is 8.93. The van der Waals surface area contributed by atoms with Crippen LogP contribution in [0.4, 0.5) is 0 Å². The van der Waals surface area contributed by atoms with Crippen LogP contribution in [-0.4, -0.2) is 29.4 Å². The average Bonchev–Trinajstić information content (AvgIpc) is 2.82. The molecule has 2 aromatic carbocycles. The Bertz CT molecular complexity index is 685. The van der Waals surface area contributed by atoms with E-state index < -0.39 is 0 Å². The van der Waals surface area contributed by atoms with Crippen LogP contribution in [0.5, 0.6) is 0 Å². The lowest BCUT2D eigenvalue weighted by Crippen LogP contribution is -2.44. The summed E-state index contributed by atoms with van der Waals surface area (Å²) in [7, 11) is 0. The molecule has 3 heteroatoms. The molecule has 3 nitrogen and oxygen atoms in total. The fourth-order valence-corrected chi connectivity index (χ4v) is 4.30. The molecule has 2 heterocycles. The fourth-order valence-electron chi connectivity index (χ4n) is 4.30. The van der Waals surface area contributed by atoms with E-state index in [1.807, 2.05) is 0 Å². The minimum absolute atomic E-state index is 0.213. The zero-order valence-electron chi connectivity index (χ0n) is 13.9. The number of nitrogens with one attached hydrogen (secondary N) is 1. The van der Waals surface area contributed by atoms with Gasteiger partial charge in [0.1, 0.15) is 0 Å². The first kappa shape index (κ1) is 15.4. The monoisotopic (exact) mass is 320 g/mol. The van der Waals surface area contributed by atoms with Gasteiger partial charge in [0.2, 0.25) is 5.91 Å². The van der Waals surface area contributed by atoms with Gasteiger partial charge in [-0.15, -0.1) is 0 Å². The number of hydrogen-bond donors (Lipinski definition) is 1. The van der Waals surface area contributed by atoms with Crippen LogP contribution in [0.2, 0.25) is 0 Å². The summed E-state index contributed by atoms with van der Waals surface area (Å²) in [6.07, 6.45) is 2.74. The van der Waals surface area contributed by atoms with Crippen molar-refractivity contribution < 1.29 is 4.79 Å². The molecule has 0 bridgehead atoms. The molecule has 2 aromatic rings. The zero-order chi connectivity index (χ0) is 16.4. The summed E-state index contributed by atoms with van der Waals surface area (Å²) in [6, 6.07) is 22.0. The topological polar surface area (TPSA) is 32.3 Å². The molecule has 0 spiro atoms. The Balaban J connectivity index is 1.62. The minimum atomic E-state index is 0.213. The number of carbonyl (C=O) groups is 1. The highest BCUT2D eigenvalue weighted by Crippen LogP contribution is 2.36. The molecule has 2 fully saturated rings. The van der Waals surface area contributed by atoms with Crippen molar-refractivity contribution in [2.24, 2.45) is 0 Å². The Hall–Kier alpha value is -2.13. The maximum atomic E-state index is 12.1. The van der Waals surface area contributed by atoms with E-state index in [1.165, 1.54) is 11.1 Å². The molecule has 124 valence electrons. The maximum absolute atomic E-state index is 12.1. The third-order valence-corrected chi connectivity index (χ3v) is 5.44. The lowest BCUT2D eigenvalue weighted by molar-refractivity contribution is -0.121. The Morgan fingerprint density at radius 2 is 1.71 bits per heavy atom. The quantitative estimate of drug-likeness (QED) is 0.941. The van der Waals surface area contributed by atoms with Gasteiger partial charge in [-0.25, -0.2) is 0 Å². The molecule has 0 saturated carbocycles. The molecule has 0 aliphatic carbocycles. The van der Waals surface area contributed by atoms with Crippen molar-refractivity contribution in [3.05, 3.63) is 71.8 Å². The molecule has 4 rings (SSSR count). The van der Waals surface area contributed by atoms with E-state index in [0.717, 1.165) is 25.9 Å². The SMILES string of the molecule is O=C1CCC[C@H]2[C@H](N1)[C@@H](c1ccccc1)CN2Cc1ccccc1. The Morgan fingerprint density at radius 3 is 2.46 bits per heavy atom. The van der Waals surface area contributed by atoms with E-state index in [4.69, 9.17) is 0 Å². The summed E-state index contributed by atoms with van der Waals surface area (Å²) < 4.78 is 0. The zero-order valence-corrected chi connectivity index (χ0v) is 13.9. The smallest absolute Gasteiger partial charge is 0.220 e. The summed E-state index contributed by atoms with van der Waals surface area (Å²) in [5, 5.41) is 3.32. The van der Waals surface area contributed by atoms with Gasteiger partial charge in [-0.05, 0) is 24.0 Å². The number of fused-ring (bicyclic) bond motifs is 1. The van der Waals surface area contributed by atoms with Gasteiger partial charge >= 0.3 is 0 Å². The Labute approximate surface area is 143 Å². The third kappa shape index (κ3) is 3.09. The lowest BCUT2D eigenvalue weighted by atomic mass is 9.90. The second-order valence-electron chi connectivity index (χ2n) is 6.99. The summed E-state index contributed by atoms with van der Waals surface area (Å²) in [5.74, 6) is 0.590. The molecule has 2 aliphatic heterocycles. The van der Waals surface area contributed by atoms with Crippen molar-refractivity contribution in [3.8, 4) is 0 Å². The summed E-state index contributed by atoms with van der Waals surface area (Å²) >= 11 is 0. The number of carbonyl (C=O) groups excluding carboxylic acids is 1. The molecule has 1 N–H and O–H groups in total. The van der Waals surface area contributed by atoms with Gasteiger partial charge < -0.3 is 5.32 Å². The van der Waals surface area contributed by atoms with Crippen LogP contribution in [0.3, 0.4) is 0 Å². The van der Waals surface area contributed by atoms with Crippen molar-refractivity contribution in [1.29, 1.82) is 0 Å². The van der Waals surface area contributed by atoms with Crippen molar-refractivity contribution in [2.75, 3.05) is 6.54 Å². The Morgan fingerprint density at radius 1 is 1.00 bits per heavy atom. The second-order valence-corrected chi connectivity index (χ2v) is 6.99. The molecular formula is C21H24N2O. The first-order valence-corrected chi connectivity index (χ1v) is 8.93. The number of nitrogens with zero attached hydrogens (tertiary/aromatic N) is 1. The summed E-state index contributed by atoms with van der Waals surface area (Å²) in [6.45, 7) is 1.97. The van der Waals surface area contributed by atoms with Gasteiger partial charge in [-0.1, -0.05) is 60.7 Å². The van der Waals surface area contributed by atoms with Crippen LogP contribution in [0.1, 0.15) is 36.3 Å². The van der Waals surface area contributed by atoms with Crippen molar-refractivity contribution >= 4 is 5.91 Å². The number of hydrogen-bond acceptors (Lipinski definition) is 2. The molecule has 0 unspecified atom stereocenters.